The Balaban J connectivity index is 2.14. The Labute approximate surface area is 182 Å². The molecule has 0 saturated carbocycles. The summed E-state index contributed by atoms with van der Waals surface area (Å²) >= 11 is 1.41. The standard InChI is InChI=1S/C19H18N2O8S2/c1-31(26,27)29-17(11-12-30-16-5-3-2-4-6-16)18(20-13-22)28-19(23)14-7-9-15(10-8-14)21(24)25/h2-10,17-18H,11-12H2,1H3. The molecule has 2 aromatic rings. The number of hydrogen-bond donors (Lipinski definition) is 0. The first-order valence-corrected chi connectivity index (χ1v) is 11.6. The highest BCUT2D eigenvalue weighted by molar-refractivity contribution is 7.99. The van der Waals surface area contributed by atoms with Gasteiger partial charge in [0.25, 0.3) is 15.8 Å². The summed E-state index contributed by atoms with van der Waals surface area (Å²) in [6.45, 7) is 0. The molecule has 0 radical (unpaired) electrons. The van der Waals surface area contributed by atoms with E-state index in [2.05, 4.69) is 4.99 Å². The van der Waals surface area contributed by atoms with Gasteiger partial charge in [-0.1, -0.05) is 18.2 Å². The van der Waals surface area contributed by atoms with Crippen molar-refractivity contribution >= 4 is 39.6 Å². The van der Waals surface area contributed by atoms with Gasteiger partial charge in [0.1, 0.15) is 6.10 Å². The highest BCUT2D eigenvalue weighted by Gasteiger charge is 2.30. The van der Waals surface area contributed by atoms with Crippen LogP contribution in [-0.2, 0) is 23.8 Å². The molecule has 0 aliphatic heterocycles. The smallest absolute Gasteiger partial charge is 0.340 e. The van der Waals surface area contributed by atoms with E-state index in [9.17, 15) is 28.1 Å². The third-order valence-electron chi connectivity index (χ3n) is 3.75. The molecule has 164 valence electrons. The van der Waals surface area contributed by atoms with Crippen molar-refractivity contribution in [3.05, 3.63) is 70.3 Å². The van der Waals surface area contributed by atoms with Gasteiger partial charge >= 0.3 is 5.97 Å². The molecule has 0 N–H and O–H groups in total. The molecule has 0 spiro atoms. The van der Waals surface area contributed by atoms with E-state index >= 15 is 0 Å². The number of benzene rings is 2. The zero-order valence-electron chi connectivity index (χ0n) is 16.2. The minimum absolute atomic E-state index is 0.0477. The lowest BCUT2D eigenvalue weighted by molar-refractivity contribution is -0.384. The minimum Gasteiger partial charge on any atom is -0.432 e. The number of esters is 1. The van der Waals surface area contributed by atoms with E-state index in [4.69, 9.17) is 8.92 Å². The Kier molecular flexibility index (Phi) is 8.88. The first-order valence-electron chi connectivity index (χ1n) is 8.78. The molecule has 0 aliphatic carbocycles. The van der Waals surface area contributed by atoms with Crippen molar-refractivity contribution in [1.82, 2.24) is 0 Å². The van der Waals surface area contributed by atoms with Crippen molar-refractivity contribution in [2.75, 3.05) is 12.0 Å². The summed E-state index contributed by atoms with van der Waals surface area (Å²) in [7, 11) is -3.96. The van der Waals surface area contributed by atoms with E-state index in [1.54, 1.807) is 0 Å². The zero-order chi connectivity index (χ0) is 22.9. The van der Waals surface area contributed by atoms with E-state index in [0.717, 1.165) is 23.3 Å². The normalized spacial score (nSPS) is 12.9. The van der Waals surface area contributed by atoms with Crippen LogP contribution in [0.5, 0.6) is 0 Å². The van der Waals surface area contributed by atoms with Gasteiger partial charge in [0.2, 0.25) is 12.3 Å². The van der Waals surface area contributed by atoms with Gasteiger partial charge in [-0.25, -0.2) is 9.59 Å². The molecule has 12 heteroatoms. The average Bonchev–Trinajstić information content (AvgIpc) is 2.72. The number of rotatable bonds is 11. The molecular weight excluding hydrogens is 448 g/mol. The number of carbonyl (C=O) groups excluding carboxylic acids is 2. The molecule has 2 rings (SSSR count). The molecule has 2 unspecified atom stereocenters. The number of nitro benzene ring substituents is 1. The summed E-state index contributed by atoms with van der Waals surface area (Å²) in [5.41, 5.74) is -0.274. The zero-order valence-corrected chi connectivity index (χ0v) is 17.9. The predicted molar refractivity (Wildman–Crippen MR) is 112 cm³/mol. The number of non-ortho nitro benzene ring substituents is 1. The Morgan fingerprint density at radius 3 is 2.39 bits per heavy atom. The van der Waals surface area contributed by atoms with Gasteiger partial charge in [0.05, 0.1) is 16.7 Å². The van der Waals surface area contributed by atoms with Crippen molar-refractivity contribution in [1.29, 1.82) is 0 Å². The molecule has 0 amide bonds. The van der Waals surface area contributed by atoms with Gasteiger partial charge in [-0.3, -0.25) is 14.3 Å². The van der Waals surface area contributed by atoms with Gasteiger partial charge in [0.15, 0.2) is 0 Å². The summed E-state index contributed by atoms with van der Waals surface area (Å²) < 4.78 is 33.5. The number of isocyanates is 1. The Morgan fingerprint density at radius 2 is 1.84 bits per heavy atom. The Bertz CT molecular complexity index is 1050. The topological polar surface area (TPSA) is 142 Å². The van der Waals surface area contributed by atoms with E-state index < -0.39 is 33.3 Å². The van der Waals surface area contributed by atoms with Gasteiger partial charge in [-0.2, -0.15) is 13.4 Å². The van der Waals surface area contributed by atoms with Crippen LogP contribution in [0.2, 0.25) is 0 Å². The maximum absolute atomic E-state index is 12.4. The van der Waals surface area contributed by atoms with Crippen LogP contribution in [-0.4, -0.2) is 49.7 Å². The summed E-state index contributed by atoms with van der Waals surface area (Å²) in [6, 6.07) is 13.8. The first kappa shape index (κ1) is 24.2. The molecule has 0 fully saturated rings. The monoisotopic (exact) mass is 466 g/mol. The maximum atomic E-state index is 12.4. The van der Waals surface area contributed by atoms with Crippen LogP contribution < -0.4 is 0 Å². The quantitative estimate of drug-likeness (QED) is 0.0928. The summed E-state index contributed by atoms with van der Waals surface area (Å²) in [5.74, 6) is -0.582. The minimum atomic E-state index is -3.96. The number of thioether (sulfide) groups is 1. The average molecular weight is 466 g/mol. The fraction of sp³-hybridized carbons (Fsp3) is 0.263. The molecule has 0 bridgehead atoms. The lowest BCUT2D eigenvalue weighted by atomic mass is 10.2. The van der Waals surface area contributed by atoms with E-state index in [0.29, 0.717) is 5.75 Å². The van der Waals surface area contributed by atoms with Gasteiger partial charge in [-0.05, 0) is 30.7 Å². The first-order chi connectivity index (χ1) is 14.7. The third kappa shape index (κ3) is 8.30. The second kappa shape index (κ2) is 11.4. The van der Waals surface area contributed by atoms with E-state index in [1.165, 1.54) is 30.0 Å². The molecular formula is C19H18N2O8S2. The molecule has 0 aliphatic rings. The molecule has 0 heterocycles. The SMILES string of the molecule is CS(=O)(=O)OC(CCSc1ccccc1)C(N=C=O)OC(=O)c1ccc([N+](=O)[O-])cc1. The number of aliphatic imine (C=N–C) groups is 1. The van der Waals surface area contributed by atoms with Crippen molar-refractivity contribution in [2.24, 2.45) is 4.99 Å². The number of ether oxygens (including phenoxy) is 1. The molecule has 0 saturated heterocycles. The maximum Gasteiger partial charge on any atom is 0.340 e. The van der Waals surface area contributed by atoms with Gasteiger partial charge < -0.3 is 4.74 Å². The molecule has 0 aromatic heterocycles. The third-order valence-corrected chi connectivity index (χ3v) is 5.39. The van der Waals surface area contributed by atoms with Crippen molar-refractivity contribution < 1.29 is 31.9 Å². The predicted octanol–water partition coefficient (Wildman–Crippen LogP) is 2.94. The fourth-order valence-corrected chi connectivity index (χ4v) is 3.98. The lowest BCUT2D eigenvalue weighted by Gasteiger charge is -2.22. The van der Waals surface area contributed by atoms with Gasteiger partial charge in [0, 0.05) is 22.8 Å². The summed E-state index contributed by atoms with van der Waals surface area (Å²) in [6.07, 6.45) is -0.694. The summed E-state index contributed by atoms with van der Waals surface area (Å²) in [5, 5.41) is 10.7. The van der Waals surface area contributed by atoms with E-state index in [-0.39, 0.29) is 17.7 Å². The lowest BCUT2D eigenvalue weighted by Crippen LogP contribution is -2.34. The second-order valence-corrected chi connectivity index (χ2v) is 8.88. The Hall–Kier alpha value is -3.05. The molecule has 31 heavy (non-hydrogen) atoms. The van der Waals surface area contributed by atoms with Crippen LogP contribution >= 0.6 is 11.8 Å². The molecule has 2 aromatic carbocycles. The van der Waals surface area contributed by atoms with Crippen LogP contribution in [0.3, 0.4) is 0 Å². The van der Waals surface area contributed by atoms with Crippen molar-refractivity contribution in [2.45, 2.75) is 23.6 Å². The van der Waals surface area contributed by atoms with Crippen molar-refractivity contribution in [3.63, 3.8) is 0 Å². The number of hydrogen-bond acceptors (Lipinski definition) is 10. The number of carbonyl (C=O) groups is 1. The van der Waals surface area contributed by atoms with Crippen LogP contribution in [0.25, 0.3) is 0 Å². The van der Waals surface area contributed by atoms with E-state index in [1.807, 2.05) is 30.3 Å². The molecule has 10 nitrogen and oxygen atoms in total. The van der Waals surface area contributed by atoms with Crippen LogP contribution in [0, 0.1) is 10.1 Å². The largest absolute Gasteiger partial charge is 0.432 e. The highest BCUT2D eigenvalue weighted by Crippen LogP contribution is 2.23. The number of nitro groups is 1. The van der Waals surface area contributed by atoms with Crippen molar-refractivity contribution in [3.8, 4) is 0 Å². The van der Waals surface area contributed by atoms with Crippen LogP contribution in [0.4, 0.5) is 5.69 Å². The van der Waals surface area contributed by atoms with Crippen LogP contribution in [0.15, 0.2) is 64.5 Å². The second-order valence-electron chi connectivity index (χ2n) is 6.11. The van der Waals surface area contributed by atoms with Crippen LogP contribution in [0.1, 0.15) is 16.8 Å². The van der Waals surface area contributed by atoms with Gasteiger partial charge in [-0.15, -0.1) is 11.8 Å². The highest BCUT2D eigenvalue weighted by atomic mass is 32.2. The number of nitrogens with zero attached hydrogens (tertiary/aromatic N) is 2. The molecule has 2 atom stereocenters. The Morgan fingerprint density at radius 1 is 1.19 bits per heavy atom. The summed E-state index contributed by atoms with van der Waals surface area (Å²) in [4.78, 5) is 37.7. The fourth-order valence-electron chi connectivity index (χ4n) is 2.41.